The van der Waals surface area contributed by atoms with Crippen molar-refractivity contribution in [2.24, 2.45) is 0 Å². The lowest BCUT2D eigenvalue weighted by atomic mass is 10.2. The van der Waals surface area contributed by atoms with Crippen LogP contribution in [-0.4, -0.2) is 17.6 Å². The zero-order chi connectivity index (χ0) is 17.6. The van der Waals surface area contributed by atoms with E-state index in [1.807, 2.05) is 30.3 Å². The minimum absolute atomic E-state index is 0.0910. The van der Waals surface area contributed by atoms with Gasteiger partial charge in [0, 0.05) is 24.6 Å². The van der Waals surface area contributed by atoms with Gasteiger partial charge >= 0.3 is 6.03 Å². The van der Waals surface area contributed by atoms with Crippen molar-refractivity contribution in [3.63, 3.8) is 0 Å². The van der Waals surface area contributed by atoms with Crippen molar-refractivity contribution in [1.82, 2.24) is 10.3 Å². The van der Waals surface area contributed by atoms with E-state index in [4.69, 9.17) is 4.42 Å². The van der Waals surface area contributed by atoms with Gasteiger partial charge in [0.25, 0.3) is 0 Å². The van der Waals surface area contributed by atoms with E-state index in [-0.39, 0.29) is 12.2 Å². The molecule has 5 nitrogen and oxygen atoms in total. The first-order chi connectivity index (χ1) is 12.1. The van der Waals surface area contributed by atoms with Gasteiger partial charge in [0.05, 0.1) is 11.4 Å². The molecular weight excluding hydrogens is 328 g/mol. The van der Waals surface area contributed by atoms with E-state index in [9.17, 15) is 13.6 Å². The van der Waals surface area contributed by atoms with Crippen molar-refractivity contribution in [2.45, 2.75) is 6.42 Å². The number of oxazole rings is 1. The van der Waals surface area contributed by atoms with Gasteiger partial charge in [-0.2, -0.15) is 0 Å². The number of carbonyl (C=O) groups excluding carboxylic acids is 1. The Kier molecular flexibility index (Phi) is 5.03. The van der Waals surface area contributed by atoms with Crippen LogP contribution in [0.3, 0.4) is 0 Å². The second-order valence-electron chi connectivity index (χ2n) is 5.27. The number of hydrogen-bond acceptors (Lipinski definition) is 3. The van der Waals surface area contributed by atoms with E-state index >= 15 is 0 Å². The fourth-order valence-corrected chi connectivity index (χ4v) is 2.20. The van der Waals surface area contributed by atoms with Gasteiger partial charge in [-0.05, 0) is 24.3 Å². The molecule has 1 aromatic heterocycles. The molecule has 0 spiro atoms. The van der Waals surface area contributed by atoms with Crippen molar-refractivity contribution in [3.05, 3.63) is 72.1 Å². The number of urea groups is 1. The standard InChI is InChI=1S/C18H15F2N3O2/c19-13-6-7-16(15(20)10-13)23-18(24)21-9-8-14-11-25-17(22-14)12-4-2-1-3-5-12/h1-7,10-11H,8-9H2,(H2,21,23,24). The third-order valence-corrected chi connectivity index (χ3v) is 3.42. The number of aromatic nitrogens is 1. The van der Waals surface area contributed by atoms with Crippen LogP contribution in [0.25, 0.3) is 11.5 Å². The van der Waals surface area contributed by atoms with Gasteiger partial charge in [-0.1, -0.05) is 18.2 Å². The zero-order valence-corrected chi connectivity index (χ0v) is 13.1. The van der Waals surface area contributed by atoms with Crippen LogP contribution in [0.2, 0.25) is 0 Å². The molecule has 0 fully saturated rings. The van der Waals surface area contributed by atoms with Crippen molar-refractivity contribution in [3.8, 4) is 11.5 Å². The molecule has 25 heavy (non-hydrogen) atoms. The second kappa shape index (κ2) is 7.57. The van der Waals surface area contributed by atoms with Crippen LogP contribution in [0.15, 0.2) is 59.2 Å². The maximum atomic E-state index is 13.5. The van der Waals surface area contributed by atoms with Crippen molar-refractivity contribution >= 4 is 11.7 Å². The lowest BCUT2D eigenvalue weighted by molar-refractivity contribution is 0.252. The molecule has 3 aromatic rings. The van der Waals surface area contributed by atoms with Crippen LogP contribution >= 0.6 is 0 Å². The lowest BCUT2D eigenvalue weighted by Gasteiger charge is -2.07. The van der Waals surface area contributed by atoms with Crippen LogP contribution in [-0.2, 0) is 6.42 Å². The Bertz CT molecular complexity index is 866. The van der Waals surface area contributed by atoms with E-state index in [1.54, 1.807) is 0 Å². The Morgan fingerprint density at radius 3 is 2.68 bits per heavy atom. The number of nitrogens with one attached hydrogen (secondary N) is 2. The predicted octanol–water partition coefficient (Wildman–Crippen LogP) is 3.98. The molecule has 0 radical (unpaired) electrons. The number of nitrogens with zero attached hydrogens (tertiary/aromatic N) is 1. The summed E-state index contributed by atoms with van der Waals surface area (Å²) in [5.41, 5.74) is 1.46. The molecule has 7 heteroatoms. The van der Waals surface area contributed by atoms with Gasteiger partial charge in [-0.25, -0.2) is 18.6 Å². The third-order valence-electron chi connectivity index (χ3n) is 3.42. The molecule has 0 aliphatic heterocycles. The van der Waals surface area contributed by atoms with Crippen LogP contribution in [0.4, 0.5) is 19.3 Å². The first kappa shape index (κ1) is 16.6. The van der Waals surface area contributed by atoms with E-state index in [0.29, 0.717) is 24.1 Å². The molecule has 0 unspecified atom stereocenters. The SMILES string of the molecule is O=C(NCCc1coc(-c2ccccc2)n1)Nc1ccc(F)cc1F. The molecule has 2 N–H and O–H groups in total. The zero-order valence-electron chi connectivity index (χ0n) is 13.1. The highest BCUT2D eigenvalue weighted by Crippen LogP contribution is 2.18. The number of hydrogen-bond donors (Lipinski definition) is 2. The van der Waals surface area contributed by atoms with E-state index in [2.05, 4.69) is 15.6 Å². The molecule has 0 bridgehead atoms. The maximum Gasteiger partial charge on any atom is 0.319 e. The first-order valence-corrected chi connectivity index (χ1v) is 7.61. The summed E-state index contributed by atoms with van der Waals surface area (Å²) in [7, 11) is 0. The van der Waals surface area contributed by atoms with Gasteiger partial charge < -0.3 is 15.1 Å². The van der Waals surface area contributed by atoms with Crippen molar-refractivity contribution < 1.29 is 18.0 Å². The van der Waals surface area contributed by atoms with Gasteiger partial charge in [0.1, 0.15) is 17.9 Å². The van der Waals surface area contributed by atoms with E-state index in [1.165, 1.54) is 6.26 Å². The normalized spacial score (nSPS) is 10.5. The summed E-state index contributed by atoms with van der Waals surface area (Å²) >= 11 is 0. The predicted molar refractivity (Wildman–Crippen MR) is 89.0 cm³/mol. The average molecular weight is 343 g/mol. The molecular formula is C18H15F2N3O2. The number of halogens is 2. The Morgan fingerprint density at radius 2 is 1.92 bits per heavy atom. The highest BCUT2D eigenvalue weighted by Gasteiger charge is 2.09. The summed E-state index contributed by atoms with van der Waals surface area (Å²) in [6.45, 7) is 0.287. The fraction of sp³-hybridized carbons (Fsp3) is 0.111. The smallest absolute Gasteiger partial charge is 0.319 e. The lowest BCUT2D eigenvalue weighted by Crippen LogP contribution is -2.30. The third kappa shape index (κ3) is 4.41. The van der Waals surface area contributed by atoms with Crippen molar-refractivity contribution in [1.29, 1.82) is 0 Å². The van der Waals surface area contributed by atoms with Crippen LogP contribution in [0, 0.1) is 11.6 Å². The van der Waals surface area contributed by atoms with Crippen LogP contribution in [0.1, 0.15) is 5.69 Å². The molecule has 0 aliphatic rings. The molecule has 2 aromatic carbocycles. The molecule has 0 saturated heterocycles. The number of carbonyl (C=O) groups is 1. The van der Waals surface area contributed by atoms with Crippen LogP contribution in [0.5, 0.6) is 0 Å². The topological polar surface area (TPSA) is 67.2 Å². The van der Waals surface area contributed by atoms with Gasteiger partial charge in [0.15, 0.2) is 0 Å². The summed E-state index contributed by atoms with van der Waals surface area (Å²) in [6, 6.07) is 11.8. The van der Waals surface area contributed by atoms with Gasteiger partial charge in [-0.15, -0.1) is 0 Å². The average Bonchev–Trinajstić information content (AvgIpc) is 3.07. The minimum atomic E-state index is -0.834. The highest BCUT2D eigenvalue weighted by atomic mass is 19.1. The fourth-order valence-electron chi connectivity index (χ4n) is 2.20. The first-order valence-electron chi connectivity index (χ1n) is 7.61. The summed E-state index contributed by atoms with van der Waals surface area (Å²) in [4.78, 5) is 16.1. The highest BCUT2D eigenvalue weighted by molar-refractivity contribution is 5.89. The Hall–Kier alpha value is -3.22. The summed E-state index contributed by atoms with van der Waals surface area (Å²) in [6.07, 6.45) is 1.98. The molecule has 1 heterocycles. The maximum absolute atomic E-state index is 13.5. The van der Waals surface area contributed by atoms with E-state index < -0.39 is 17.7 Å². The van der Waals surface area contributed by atoms with Crippen LogP contribution < -0.4 is 10.6 Å². The number of amides is 2. The molecule has 0 saturated carbocycles. The molecule has 2 amide bonds. The molecule has 3 rings (SSSR count). The number of anilines is 1. The molecule has 128 valence electrons. The molecule has 0 aliphatic carbocycles. The number of benzene rings is 2. The molecule has 0 atom stereocenters. The largest absolute Gasteiger partial charge is 0.444 e. The quantitative estimate of drug-likeness (QED) is 0.736. The van der Waals surface area contributed by atoms with E-state index in [0.717, 1.165) is 17.7 Å². The monoisotopic (exact) mass is 343 g/mol. The number of rotatable bonds is 5. The summed E-state index contributed by atoms with van der Waals surface area (Å²) in [5.74, 6) is -1.03. The minimum Gasteiger partial charge on any atom is -0.444 e. The Morgan fingerprint density at radius 1 is 1.12 bits per heavy atom. The Labute approximate surface area is 142 Å². The Balaban J connectivity index is 1.49. The van der Waals surface area contributed by atoms with Gasteiger partial charge in [0.2, 0.25) is 5.89 Å². The van der Waals surface area contributed by atoms with Crippen molar-refractivity contribution in [2.75, 3.05) is 11.9 Å². The second-order valence-corrected chi connectivity index (χ2v) is 5.27. The summed E-state index contributed by atoms with van der Waals surface area (Å²) in [5, 5.41) is 4.90. The van der Waals surface area contributed by atoms with Gasteiger partial charge in [-0.3, -0.25) is 0 Å². The summed E-state index contributed by atoms with van der Waals surface area (Å²) < 4.78 is 31.7.